The third-order valence-electron chi connectivity index (χ3n) is 4.84. The smallest absolute Gasteiger partial charge is 0.0547 e. The van der Waals surface area contributed by atoms with Crippen molar-refractivity contribution in [2.75, 3.05) is 19.7 Å². The lowest BCUT2D eigenvalue weighted by Crippen LogP contribution is -2.40. The molecule has 1 aliphatic rings. The van der Waals surface area contributed by atoms with Gasteiger partial charge in [-0.2, -0.15) is 0 Å². The van der Waals surface area contributed by atoms with Gasteiger partial charge < -0.3 is 5.11 Å². The van der Waals surface area contributed by atoms with E-state index in [1.807, 2.05) is 13.0 Å². The molecule has 0 atom stereocenters. The Morgan fingerprint density at radius 2 is 1.90 bits per heavy atom. The van der Waals surface area contributed by atoms with Crippen molar-refractivity contribution in [2.45, 2.75) is 58.9 Å². The first-order valence-electron chi connectivity index (χ1n) is 8.43. The number of pyridine rings is 1. The van der Waals surface area contributed by atoms with Crippen LogP contribution in [0.25, 0.3) is 0 Å². The normalized spacial score (nSPS) is 18.7. The van der Waals surface area contributed by atoms with Gasteiger partial charge in [0.15, 0.2) is 0 Å². The summed E-state index contributed by atoms with van der Waals surface area (Å²) in [5, 5.41) is 9.98. The summed E-state index contributed by atoms with van der Waals surface area (Å²) < 4.78 is 0. The molecule has 1 heterocycles. The molecule has 0 radical (unpaired) electrons. The molecule has 3 heteroatoms. The van der Waals surface area contributed by atoms with Crippen molar-refractivity contribution < 1.29 is 5.11 Å². The molecule has 2 rings (SSSR count). The number of aromatic nitrogens is 1. The van der Waals surface area contributed by atoms with Gasteiger partial charge >= 0.3 is 0 Å². The molecule has 21 heavy (non-hydrogen) atoms. The summed E-state index contributed by atoms with van der Waals surface area (Å²) in [7, 11) is 0. The van der Waals surface area contributed by atoms with Gasteiger partial charge in [0.05, 0.1) is 5.69 Å². The van der Waals surface area contributed by atoms with Crippen molar-refractivity contribution in [1.29, 1.82) is 0 Å². The molecule has 1 fully saturated rings. The average molecular weight is 290 g/mol. The second-order valence-corrected chi connectivity index (χ2v) is 6.65. The summed E-state index contributed by atoms with van der Waals surface area (Å²) in [6.45, 7) is 7.47. The average Bonchev–Trinajstić information content (AvgIpc) is 2.73. The Morgan fingerprint density at radius 1 is 1.19 bits per heavy atom. The third kappa shape index (κ3) is 4.79. The van der Waals surface area contributed by atoms with Crippen LogP contribution in [-0.2, 0) is 6.54 Å². The zero-order valence-corrected chi connectivity index (χ0v) is 13.6. The van der Waals surface area contributed by atoms with E-state index in [2.05, 4.69) is 28.9 Å². The van der Waals surface area contributed by atoms with Crippen LogP contribution in [0.4, 0.5) is 0 Å². The number of hydrogen-bond acceptors (Lipinski definition) is 3. The highest BCUT2D eigenvalue weighted by Gasteiger charge is 2.32. The van der Waals surface area contributed by atoms with E-state index in [-0.39, 0.29) is 5.41 Å². The number of aliphatic hydroxyl groups excluding tert-OH is 1. The molecule has 0 bridgehead atoms. The Labute approximate surface area is 129 Å². The first-order valence-corrected chi connectivity index (χ1v) is 8.43. The Morgan fingerprint density at radius 3 is 2.48 bits per heavy atom. The summed E-state index contributed by atoms with van der Waals surface area (Å²) in [5.41, 5.74) is 2.32. The van der Waals surface area contributed by atoms with E-state index >= 15 is 0 Å². The fourth-order valence-electron chi connectivity index (χ4n) is 3.52. The Bertz CT molecular complexity index is 425. The fourth-order valence-corrected chi connectivity index (χ4v) is 3.52. The second kappa shape index (κ2) is 7.90. The SMILES string of the molecule is CCN(Cc1cccc(C)n1)CC1(CO)CCCCCC1. The second-order valence-electron chi connectivity index (χ2n) is 6.65. The predicted molar refractivity (Wildman–Crippen MR) is 87.1 cm³/mol. The van der Waals surface area contributed by atoms with Crippen molar-refractivity contribution in [1.82, 2.24) is 9.88 Å². The molecule has 118 valence electrons. The van der Waals surface area contributed by atoms with Gasteiger partial charge in [-0.25, -0.2) is 0 Å². The Kier molecular flexibility index (Phi) is 6.19. The maximum absolute atomic E-state index is 9.98. The highest BCUT2D eigenvalue weighted by molar-refractivity contribution is 5.09. The van der Waals surface area contributed by atoms with Crippen LogP contribution in [0.3, 0.4) is 0 Å². The lowest BCUT2D eigenvalue weighted by Gasteiger charge is -2.36. The topological polar surface area (TPSA) is 36.4 Å². The fraction of sp³-hybridized carbons (Fsp3) is 0.722. The van der Waals surface area contributed by atoms with Crippen LogP contribution >= 0.6 is 0 Å². The summed E-state index contributed by atoms with van der Waals surface area (Å²) in [4.78, 5) is 7.06. The number of hydrogen-bond donors (Lipinski definition) is 1. The van der Waals surface area contributed by atoms with Crippen molar-refractivity contribution in [3.8, 4) is 0 Å². The minimum Gasteiger partial charge on any atom is -0.396 e. The van der Waals surface area contributed by atoms with Gasteiger partial charge in [0, 0.05) is 30.8 Å². The van der Waals surface area contributed by atoms with E-state index in [1.54, 1.807) is 0 Å². The number of aryl methyl sites for hydroxylation is 1. The van der Waals surface area contributed by atoms with E-state index in [9.17, 15) is 5.11 Å². The van der Waals surface area contributed by atoms with Gasteiger partial charge in [-0.05, 0) is 38.4 Å². The maximum Gasteiger partial charge on any atom is 0.0547 e. The van der Waals surface area contributed by atoms with Crippen LogP contribution in [0.15, 0.2) is 18.2 Å². The molecule has 0 amide bonds. The molecule has 1 aromatic rings. The van der Waals surface area contributed by atoms with Crippen LogP contribution in [-0.4, -0.2) is 34.7 Å². The van der Waals surface area contributed by atoms with Crippen LogP contribution in [0, 0.1) is 12.3 Å². The molecule has 1 aromatic heterocycles. The molecule has 1 aliphatic carbocycles. The molecule has 1 saturated carbocycles. The van der Waals surface area contributed by atoms with E-state index in [4.69, 9.17) is 0 Å². The van der Waals surface area contributed by atoms with E-state index in [1.165, 1.54) is 38.5 Å². The van der Waals surface area contributed by atoms with Gasteiger partial charge in [0.25, 0.3) is 0 Å². The summed E-state index contributed by atoms with van der Waals surface area (Å²) in [6.07, 6.45) is 7.52. The van der Waals surface area contributed by atoms with Gasteiger partial charge in [-0.15, -0.1) is 0 Å². The molecule has 0 saturated heterocycles. The largest absolute Gasteiger partial charge is 0.396 e. The standard InChI is InChI=1S/C18H30N2O/c1-3-20(13-17-10-8-9-16(2)19-17)14-18(15-21)11-6-4-5-7-12-18/h8-10,21H,3-7,11-15H2,1-2H3. The van der Waals surface area contributed by atoms with Gasteiger partial charge in [-0.3, -0.25) is 9.88 Å². The minimum absolute atomic E-state index is 0.107. The highest BCUT2D eigenvalue weighted by atomic mass is 16.3. The third-order valence-corrected chi connectivity index (χ3v) is 4.84. The van der Waals surface area contributed by atoms with Crippen LogP contribution < -0.4 is 0 Å². The number of aliphatic hydroxyl groups is 1. The molecule has 3 nitrogen and oxygen atoms in total. The molecule has 1 N–H and O–H groups in total. The number of nitrogens with zero attached hydrogens (tertiary/aromatic N) is 2. The summed E-state index contributed by atoms with van der Waals surface area (Å²) in [5.74, 6) is 0. The lowest BCUT2D eigenvalue weighted by molar-refractivity contribution is 0.0579. The first-order chi connectivity index (χ1) is 10.2. The Hall–Kier alpha value is -0.930. The first kappa shape index (κ1) is 16.4. The van der Waals surface area contributed by atoms with Crippen molar-refractivity contribution >= 4 is 0 Å². The van der Waals surface area contributed by atoms with Crippen molar-refractivity contribution in [2.24, 2.45) is 5.41 Å². The minimum atomic E-state index is 0.107. The summed E-state index contributed by atoms with van der Waals surface area (Å²) >= 11 is 0. The van der Waals surface area contributed by atoms with Crippen LogP contribution in [0.1, 0.15) is 56.8 Å². The molecule has 0 spiro atoms. The predicted octanol–water partition coefficient (Wildman–Crippen LogP) is 3.54. The molecule has 0 unspecified atom stereocenters. The van der Waals surface area contributed by atoms with E-state index in [0.29, 0.717) is 6.61 Å². The van der Waals surface area contributed by atoms with E-state index < -0.39 is 0 Å². The van der Waals surface area contributed by atoms with E-state index in [0.717, 1.165) is 31.0 Å². The summed E-state index contributed by atoms with van der Waals surface area (Å²) in [6, 6.07) is 6.23. The molecular formula is C18H30N2O. The lowest BCUT2D eigenvalue weighted by atomic mass is 9.80. The number of rotatable bonds is 6. The van der Waals surface area contributed by atoms with Gasteiger partial charge in [-0.1, -0.05) is 38.7 Å². The zero-order chi connectivity index (χ0) is 15.1. The highest BCUT2D eigenvalue weighted by Crippen LogP contribution is 2.35. The monoisotopic (exact) mass is 290 g/mol. The Balaban J connectivity index is 2.02. The molecule has 0 aliphatic heterocycles. The van der Waals surface area contributed by atoms with Crippen molar-refractivity contribution in [3.05, 3.63) is 29.6 Å². The zero-order valence-electron chi connectivity index (χ0n) is 13.6. The van der Waals surface area contributed by atoms with Gasteiger partial charge in [0.1, 0.15) is 0 Å². The van der Waals surface area contributed by atoms with Crippen LogP contribution in [0.5, 0.6) is 0 Å². The molecular weight excluding hydrogens is 260 g/mol. The maximum atomic E-state index is 9.98. The van der Waals surface area contributed by atoms with Crippen LogP contribution in [0.2, 0.25) is 0 Å². The van der Waals surface area contributed by atoms with Crippen molar-refractivity contribution in [3.63, 3.8) is 0 Å². The molecule has 0 aromatic carbocycles. The van der Waals surface area contributed by atoms with Gasteiger partial charge in [0.2, 0.25) is 0 Å². The quantitative estimate of drug-likeness (QED) is 0.814.